The molecule has 0 amide bonds. The second-order valence-corrected chi connectivity index (χ2v) is 5.57. The largest absolute Gasteiger partial charge is 0.384 e. The van der Waals surface area contributed by atoms with Crippen LogP contribution in [0, 0.1) is 11.2 Å². The molecule has 0 aliphatic rings. The number of nitrogens with one attached hydrogen (secondary N) is 1. The van der Waals surface area contributed by atoms with E-state index in [0.29, 0.717) is 5.56 Å². The van der Waals surface area contributed by atoms with E-state index in [1.54, 1.807) is 18.3 Å². The van der Waals surface area contributed by atoms with Crippen molar-refractivity contribution < 1.29 is 4.39 Å². The van der Waals surface area contributed by atoms with E-state index in [4.69, 9.17) is 11.1 Å². The molecule has 3 rings (SSSR count). The SMILES string of the molecule is N=C(N)c1cnc2ccccc2c1Sc1ccc(F)cc1. The predicted octanol–water partition coefficient (Wildman–Crippen LogP) is 3.81. The van der Waals surface area contributed by atoms with Gasteiger partial charge in [0.15, 0.2) is 0 Å². The zero-order valence-electron chi connectivity index (χ0n) is 11.0. The van der Waals surface area contributed by atoms with Crippen LogP contribution >= 0.6 is 11.8 Å². The minimum atomic E-state index is -0.272. The molecule has 0 saturated heterocycles. The first-order valence-electron chi connectivity index (χ1n) is 6.31. The number of halogens is 1. The van der Waals surface area contributed by atoms with Crippen molar-refractivity contribution in [1.29, 1.82) is 5.41 Å². The van der Waals surface area contributed by atoms with Crippen LogP contribution in [0.3, 0.4) is 0 Å². The third-order valence-corrected chi connectivity index (χ3v) is 4.20. The van der Waals surface area contributed by atoms with Crippen molar-refractivity contribution in [1.82, 2.24) is 4.98 Å². The molecule has 21 heavy (non-hydrogen) atoms. The number of nitrogens with zero attached hydrogens (tertiary/aromatic N) is 1. The van der Waals surface area contributed by atoms with E-state index < -0.39 is 0 Å². The van der Waals surface area contributed by atoms with Gasteiger partial charge in [-0.25, -0.2) is 4.39 Å². The predicted molar refractivity (Wildman–Crippen MR) is 83.3 cm³/mol. The highest BCUT2D eigenvalue weighted by Crippen LogP contribution is 2.35. The molecule has 1 aromatic heterocycles. The lowest BCUT2D eigenvalue weighted by atomic mass is 10.1. The summed E-state index contributed by atoms with van der Waals surface area (Å²) in [6.45, 7) is 0. The van der Waals surface area contributed by atoms with Gasteiger partial charge in [0.2, 0.25) is 0 Å². The van der Waals surface area contributed by atoms with Crippen molar-refractivity contribution >= 4 is 28.5 Å². The van der Waals surface area contributed by atoms with Crippen LogP contribution in [0.15, 0.2) is 64.5 Å². The Hall–Kier alpha value is -2.40. The molecule has 0 atom stereocenters. The number of aromatic nitrogens is 1. The van der Waals surface area contributed by atoms with Gasteiger partial charge >= 0.3 is 0 Å². The standard InChI is InChI=1S/C16H12FN3S/c17-10-5-7-11(8-6-10)21-15-12-3-1-2-4-14(12)20-9-13(15)16(18)19/h1-9H,(H3,18,19). The Kier molecular flexibility index (Phi) is 3.58. The van der Waals surface area contributed by atoms with Crippen molar-refractivity contribution in [2.45, 2.75) is 9.79 Å². The summed E-state index contributed by atoms with van der Waals surface area (Å²) in [6.07, 6.45) is 1.61. The number of hydrogen-bond acceptors (Lipinski definition) is 3. The van der Waals surface area contributed by atoms with Crippen LogP contribution in [-0.4, -0.2) is 10.8 Å². The molecular weight excluding hydrogens is 285 g/mol. The minimum Gasteiger partial charge on any atom is -0.384 e. The van der Waals surface area contributed by atoms with Gasteiger partial charge in [0.1, 0.15) is 11.7 Å². The van der Waals surface area contributed by atoms with Crippen LogP contribution in [-0.2, 0) is 0 Å². The molecule has 3 N–H and O–H groups in total. The van der Waals surface area contributed by atoms with E-state index in [2.05, 4.69) is 4.98 Å². The molecule has 0 aliphatic carbocycles. The molecule has 1 heterocycles. The van der Waals surface area contributed by atoms with Gasteiger partial charge < -0.3 is 5.73 Å². The molecule has 3 aromatic rings. The quantitative estimate of drug-likeness (QED) is 0.571. The summed E-state index contributed by atoms with van der Waals surface area (Å²) in [6, 6.07) is 13.9. The number of pyridine rings is 1. The number of benzene rings is 2. The Morgan fingerprint density at radius 3 is 2.52 bits per heavy atom. The van der Waals surface area contributed by atoms with E-state index in [1.807, 2.05) is 24.3 Å². The number of nitrogens with two attached hydrogens (primary N) is 1. The fourth-order valence-corrected chi connectivity index (χ4v) is 3.10. The zero-order chi connectivity index (χ0) is 14.8. The van der Waals surface area contributed by atoms with Crippen molar-refractivity contribution in [2.24, 2.45) is 5.73 Å². The first kappa shape index (κ1) is 13.6. The number of para-hydroxylation sites is 1. The van der Waals surface area contributed by atoms with Crippen molar-refractivity contribution in [2.75, 3.05) is 0 Å². The van der Waals surface area contributed by atoms with Gasteiger partial charge in [0.25, 0.3) is 0 Å². The lowest BCUT2D eigenvalue weighted by Gasteiger charge is -2.11. The van der Waals surface area contributed by atoms with Crippen LogP contribution < -0.4 is 5.73 Å². The summed E-state index contributed by atoms with van der Waals surface area (Å²) < 4.78 is 13.0. The second-order valence-electron chi connectivity index (χ2n) is 4.49. The van der Waals surface area contributed by atoms with Gasteiger partial charge in [-0.05, 0) is 30.3 Å². The fourth-order valence-electron chi connectivity index (χ4n) is 2.04. The first-order chi connectivity index (χ1) is 10.1. The summed E-state index contributed by atoms with van der Waals surface area (Å²) in [7, 11) is 0. The summed E-state index contributed by atoms with van der Waals surface area (Å²) in [4.78, 5) is 6.07. The minimum absolute atomic E-state index is 0.0298. The van der Waals surface area contributed by atoms with Gasteiger partial charge in [-0.1, -0.05) is 30.0 Å². The van der Waals surface area contributed by atoms with Gasteiger partial charge in [0.05, 0.1) is 5.52 Å². The van der Waals surface area contributed by atoms with E-state index in [1.165, 1.54) is 23.9 Å². The molecule has 0 bridgehead atoms. The third kappa shape index (κ3) is 2.73. The smallest absolute Gasteiger partial charge is 0.125 e. The van der Waals surface area contributed by atoms with Crippen LogP contribution in [0.1, 0.15) is 5.56 Å². The highest BCUT2D eigenvalue weighted by molar-refractivity contribution is 7.99. The Bertz CT molecular complexity index is 815. The average Bonchev–Trinajstić information content (AvgIpc) is 2.49. The molecule has 3 nitrogen and oxygen atoms in total. The Balaban J connectivity index is 2.16. The van der Waals surface area contributed by atoms with Crippen LogP contribution in [0.2, 0.25) is 0 Å². The Labute approximate surface area is 125 Å². The lowest BCUT2D eigenvalue weighted by molar-refractivity contribution is 0.626. The summed E-state index contributed by atoms with van der Waals surface area (Å²) >= 11 is 1.45. The third-order valence-electron chi connectivity index (χ3n) is 3.05. The van der Waals surface area contributed by atoms with Gasteiger partial charge in [0, 0.05) is 26.9 Å². The maximum absolute atomic E-state index is 13.0. The number of fused-ring (bicyclic) bond motifs is 1. The molecule has 0 radical (unpaired) electrons. The highest BCUT2D eigenvalue weighted by Gasteiger charge is 2.12. The molecule has 104 valence electrons. The Morgan fingerprint density at radius 2 is 1.81 bits per heavy atom. The maximum Gasteiger partial charge on any atom is 0.125 e. The Morgan fingerprint density at radius 1 is 1.10 bits per heavy atom. The number of nitrogen functional groups attached to an aromatic ring is 1. The summed E-state index contributed by atoms with van der Waals surface area (Å²) in [5.74, 6) is -0.302. The highest BCUT2D eigenvalue weighted by atomic mass is 32.2. The van der Waals surface area contributed by atoms with Gasteiger partial charge in [-0.2, -0.15) is 0 Å². The topological polar surface area (TPSA) is 62.8 Å². The van der Waals surface area contributed by atoms with Crippen LogP contribution in [0.25, 0.3) is 10.9 Å². The monoisotopic (exact) mass is 297 g/mol. The molecule has 5 heteroatoms. The van der Waals surface area contributed by atoms with Gasteiger partial charge in [-0.3, -0.25) is 10.4 Å². The molecule has 0 fully saturated rings. The average molecular weight is 297 g/mol. The van der Waals surface area contributed by atoms with Crippen LogP contribution in [0.5, 0.6) is 0 Å². The van der Waals surface area contributed by atoms with E-state index in [0.717, 1.165) is 20.7 Å². The summed E-state index contributed by atoms with van der Waals surface area (Å²) in [5.41, 5.74) is 7.08. The molecule has 0 aliphatic heterocycles. The number of hydrogen-bond donors (Lipinski definition) is 2. The normalized spacial score (nSPS) is 10.7. The van der Waals surface area contributed by atoms with Crippen molar-refractivity contribution in [3.05, 3.63) is 66.1 Å². The zero-order valence-corrected chi connectivity index (χ0v) is 11.8. The van der Waals surface area contributed by atoms with Crippen molar-refractivity contribution in [3.8, 4) is 0 Å². The maximum atomic E-state index is 13.0. The van der Waals surface area contributed by atoms with E-state index in [-0.39, 0.29) is 11.7 Å². The molecule has 0 unspecified atom stereocenters. The fraction of sp³-hybridized carbons (Fsp3) is 0. The molecule has 0 saturated carbocycles. The lowest BCUT2D eigenvalue weighted by Crippen LogP contribution is -2.13. The van der Waals surface area contributed by atoms with Crippen LogP contribution in [0.4, 0.5) is 4.39 Å². The first-order valence-corrected chi connectivity index (χ1v) is 7.12. The molecule has 0 spiro atoms. The molecular formula is C16H12FN3S. The number of amidine groups is 1. The van der Waals surface area contributed by atoms with E-state index >= 15 is 0 Å². The summed E-state index contributed by atoms with van der Waals surface area (Å²) in [5, 5.41) is 8.65. The van der Waals surface area contributed by atoms with Gasteiger partial charge in [-0.15, -0.1) is 0 Å². The molecule has 2 aromatic carbocycles. The van der Waals surface area contributed by atoms with E-state index in [9.17, 15) is 4.39 Å². The van der Waals surface area contributed by atoms with Crippen molar-refractivity contribution in [3.63, 3.8) is 0 Å². The second kappa shape index (κ2) is 5.54. The number of rotatable bonds is 3.